The van der Waals surface area contributed by atoms with E-state index in [9.17, 15) is 22.8 Å². The van der Waals surface area contributed by atoms with E-state index in [4.69, 9.17) is 0 Å². The van der Waals surface area contributed by atoms with Crippen molar-refractivity contribution in [2.24, 2.45) is 0 Å². The molecule has 0 radical (unpaired) electrons. The van der Waals surface area contributed by atoms with Crippen LogP contribution in [-0.2, 0) is 19.0 Å². The first-order valence-corrected chi connectivity index (χ1v) is 19.5. The van der Waals surface area contributed by atoms with Crippen LogP contribution in [0.15, 0.2) is 146 Å². The summed E-state index contributed by atoms with van der Waals surface area (Å²) in [4.78, 5) is 31.4. The molecule has 0 saturated carbocycles. The van der Waals surface area contributed by atoms with Gasteiger partial charge < -0.3 is 10.6 Å². The molecule has 288 valence electrons. The van der Waals surface area contributed by atoms with Gasteiger partial charge >= 0.3 is 6.18 Å². The molecule has 0 spiro atoms. The predicted molar refractivity (Wildman–Crippen MR) is 221 cm³/mol. The Morgan fingerprint density at radius 3 is 1.51 bits per heavy atom. The fourth-order valence-corrected chi connectivity index (χ4v) is 8.00. The van der Waals surface area contributed by atoms with Crippen molar-refractivity contribution in [3.8, 4) is 0 Å². The number of alkyl halides is 3. The maximum atomic E-state index is 14.0. The second-order valence-electron chi connectivity index (χ2n) is 14.7. The van der Waals surface area contributed by atoms with E-state index in [0.29, 0.717) is 28.1 Å². The number of hydrogen-bond acceptors (Lipinski definition) is 4. The lowest BCUT2D eigenvalue weighted by Gasteiger charge is -2.38. The van der Waals surface area contributed by atoms with Crippen LogP contribution in [0.4, 0.5) is 35.9 Å². The van der Waals surface area contributed by atoms with E-state index in [-0.39, 0.29) is 17.7 Å². The number of carbonyl (C=O) groups excluding carboxylic acids is 2. The predicted octanol–water partition coefficient (Wildman–Crippen LogP) is 11.9. The molecule has 6 aromatic carbocycles. The zero-order valence-electron chi connectivity index (χ0n) is 31.8. The zero-order valence-corrected chi connectivity index (χ0v) is 31.8. The summed E-state index contributed by atoms with van der Waals surface area (Å²) in [6.45, 7) is 4.31. The van der Waals surface area contributed by atoms with Crippen LogP contribution in [0.3, 0.4) is 0 Å². The first-order chi connectivity index (χ1) is 27.6. The molecule has 6 nitrogen and oxygen atoms in total. The summed E-state index contributed by atoms with van der Waals surface area (Å²) in [6.07, 6.45) is -1.86. The molecule has 3 atom stereocenters. The van der Waals surface area contributed by atoms with Crippen LogP contribution in [0.5, 0.6) is 0 Å². The molecule has 2 aliphatic rings. The fraction of sp³-hybridized carbons (Fsp3) is 0.208. The lowest BCUT2D eigenvalue weighted by atomic mass is 9.89. The van der Waals surface area contributed by atoms with Crippen molar-refractivity contribution < 1.29 is 22.8 Å². The van der Waals surface area contributed by atoms with Crippen LogP contribution in [0.1, 0.15) is 99.0 Å². The molecular weight excluding hydrogens is 722 g/mol. The van der Waals surface area contributed by atoms with Gasteiger partial charge in [0.15, 0.2) is 0 Å². The summed E-state index contributed by atoms with van der Waals surface area (Å²) in [5.41, 5.74) is 8.31. The van der Waals surface area contributed by atoms with Crippen LogP contribution in [-0.4, -0.2) is 11.8 Å². The molecule has 0 bridgehead atoms. The number of nitrogens with zero attached hydrogens (tertiary/aromatic N) is 2. The van der Waals surface area contributed by atoms with Gasteiger partial charge in [-0.1, -0.05) is 105 Å². The number of para-hydroxylation sites is 2. The second-order valence-corrected chi connectivity index (χ2v) is 14.7. The first-order valence-electron chi connectivity index (χ1n) is 19.5. The smallest absolute Gasteiger partial charge is 0.360 e. The molecule has 6 aromatic rings. The van der Waals surface area contributed by atoms with Gasteiger partial charge in [0.25, 0.3) is 11.8 Å². The summed E-state index contributed by atoms with van der Waals surface area (Å²) in [6, 6.07) is 44.3. The van der Waals surface area contributed by atoms with Crippen LogP contribution in [0.25, 0.3) is 0 Å². The van der Waals surface area contributed by atoms with Gasteiger partial charge in [-0.15, -0.1) is 0 Å². The van der Waals surface area contributed by atoms with Gasteiger partial charge in [-0.25, -0.2) is 0 Å². The average Bonchev–Trinajstić information content (AvgIpc) is 3.23. The molecule has 0 aliphatic carbocycles. The summed E-state index contributed by atoms with van der Waals surface area (Å²) >= 11 is 0. The third kappa shape index (κ3) is 7.49. The fourth-order valence-electron chi connectivity index (χ4n) is 8.00. The maximum Gasteiger partial charge on any atom is 0.416 e. The van der Waals surface area contributed by atoms with Crippen molar-refractivity contribution in [1.29, 1.82) is 0 Å². The molecule has 2 heterocycles. The van der Waals surface area contributed by atoms with Crippen LogP contribution < -0.4 is 20.4 Å². The molecule has 2 amide bonds. The Morgan fingerprint density at radius 1 is 0.579 bits per heavy atom. The Kier molecular flexibility index (Phi) is 10.3. The minimum atomic E-state index is -4.46. The monoisotopic (exact) mass is 764 g/mol. The summed E-state index contributed by atoms with van der Waals surface area (Å²) < 4.78 is 40.2. The zero-order chi connectivity index (χ0) is 39.7. The Hall–Kier alpha value is -6.35. The van der Waals surface area contributed by atoms with Gasteiger partial charge in [-0.05, 0) is 114 Å². The SMILES string of the molecule is CCCc1ccc(N2C(=O)c3ccccc3NC2c2ccc(CC(CC)c3ccc(N4C(=O)c5ccccc5NC4c4ccc(C(F)(F)F)cc4)cc3)cc2)cc1. The van der Waals surface area contributed by atoms with Gasteiger partial charge in [-0.3, -0.25) is 19.4 Å². The van der Waals surface area contributed by atoms with Gasteiger partial charge in [0.2, 0.25) is 0 Å². The van der Waals surface area contributed by atoms with Crippen molar-refractivity contribution in [2.45, 2.75) is 64.0 Å². The Balaban J connectivity index is 1.03. The topological polar surface area (TPSA) is 64.7 Å². The average molecular weight is 765 g/mol. The molecule has 9 heteroatoms. The number of nitrogens with one attached hydrogen (secondary N) is 2. The highest BCUT2D eigenvalue weighted by atomic mass is 19.4. The van der Waals surface area contributed by atoms with E-state index in [1.807, 2.05) is 71.6 Å². The summed E-state index contributed by atoms with van der Waals surface area (Å²) in [7, 11) is 0. The molecule has 2 aliphatic heterocycles. The van der Waals surface area contributed by atoms with Crippen molar-refractivity contribution in [3.63, 3.8) is 0 Å². The minimum Gasteiger partial charge on any atom is -0.360 e. The maximum absolute atomic E-state index is 14.0. The van der Waals surface area contributed by atoms with Crippen molar-refractivity contribution in [3.05, 3.63) is 190 Å². The molecular formula is C48H43F3N4O2. The minimum absolute atomic E-state index is 0.0481. The van der Waals surface area contributed by atoms with Crippen LogP contribution in [0, 0.1) is 0 Å². The largest absolute Gasteiger partial charge is 0.416 e. The molecule has 2 N–H and O–H groups in total. The highest BCUT2D eigenvalue weighted by molar-refractivity contribution is 6.13. The Bertz CT molecular complexity index is 2380. The Morgan fingerprint density at radius 2 is 1.04 bits per heavy atom. The van der Waals surface area contributed by atoms with E-state index in [1.54, 1.807) is 23.1 Å². The molecule has 3 unspecified atom stereocenters. The number of fused-ring (bicyclic) bond motifs is 2. The van der Waals surface area contributed by atoms with Gasteiger partial charge in [0.1, 0.15) is 12.3 Å². The van der Waals surface area contributed by atoms with Crippen molar-refractivity contribution in [1.82, 2.24) is 0 Å². The molecule has 57 heavy (non-hydrogen) atoms. The van der Waals surface area contributed by atoms with E-state index < -0.39 is 24.1 Å². The lowest BCUT2D eigenvalue weighted by Crippen LogP contribution is -2.43. The van der Waals surface area contributed by atoms with Crippen LogP contribution in [0.2, 0.25) is 0 Å². The molecule has 0 fully saturated rings. The number of amides is 2. The third-order valence-electron chi connectivity index (χ3n) is 11.1. The van der Waals surface area contributed by atoms with E-state index in [0.717, 1.165) is 65.9 Å². The van der Waals surface area contributed by atoms with E-state index in [2.05, 4.69) is 60.9 Å². The van der Waals surface area contributed by atoms with Crippen LogP contribution >= 0.6 is 0 Å². The van der Waals surface area contributed by atoms with E-state index in [1.165, 1.54) is 17.7 Å². The number of carbonyl (C=O) groups is 2. The lowest BCUT2D eigenvalue weighted by molar-refractivity contribution is -0.137. The molecule has 8 rings (SSSR count). The second kappa shape index (κ2) is 15.7. The third-order valence-corrected chi connectivity index (χ3v) is 11.1. The molecule has 0 saturated heterocycles. The molecule has 0 aromatic heterocycles. The van der Waals surface area contributed by atoms with Crippen molar-refractivity contribution in [2.75, 3.05) is 20.4 Å². The normalized spacial score (nSPS) is 17.0. The number of benzene rings is 6. The summed E-state index contributed by atoms with van der Waals surface area (Å²) in [5.74, 6) is -0.0992. The van der Waals surface area contributed by atoms with Gasteiger partial charge in [0, 0.05) is 22.7 Å². The highest BCUT2D eigenvalue weighted by Crippen LogP contribution is 2.40. The highest BCUT2D eigenvalue weighted by Gasteiger charge is 2.36. The van der Waals surface area contributed by atoms with Crippen molar-refractivity contribution >= 4 is 34.6 Å². The quantitative estimate of drug-likeness (QED) is 0.146. The number of rotatable bonds is 10. The Labute approximate surface area is 331 Å². The standard InChI is InChI=1S/C48H43F3N4O2/c1-3-9-31-16-26-38(27-17-31)54-44(52-42-12-7-5-10-40(42)46(54)56)35-18-14-32(15-19-35)30-33(4-2)34-22-28-39(29-23-34)55-45(36-20-24-37(25-21-36)48(49,50)51)53-43-13-8-6-11-41(43)47(55)57/h5-8,10-29,33,44-45,52-53H,3-4,9,30H2,1-2H3. The van der Waals surface area contributed by atoms with Gasteiger partial charge in [0.05, 0.1) is 16.7 Å². The number of halogens is 3. The number of hydrogen-bond donors (Lipinski definition) is 2. The van der Waals surface area contributed by atoms with E-state index >= 15 is 0 Å². The summed E-state index contributed by atoms with van der Waals surface area (Å²) in [5, 5.41) is 7.00. The number of aryl methyl sites for hydroxylation is 1. The van der Waals surface area contributed by atoms with Gasteiger partial charge in [-0.2, -0.15) is 13.2 Å². The first kappa shape index (κ1) is 37.6. The number of anilines is 4.